The van der Waals surface area contributed by atoms with Crippen molar-refractivity contribution in [2.75, 3.05) is 13.2 Å². The smallest absolute Gasteiger partial charge is 0.430 e. The highest BCUT2D eigenvalue weighted by Gasteiger charge is 2.71. The second kappa shape index (κ2) is 15.7. The molecule has 1 aliphatic heterocycles. The molecule has 1 fully saturated rings. The van der Waals surface area contributed by atoms with E-state index in [9.17, 15) is 51.3 Å². The van der Waals surface area contributed by atoms with Gasteiger partial charge in [-0.2, -0.15) is 26.3 Å². The van der Waals surface area contributed by atoms with E-state index in [2.05, 4.69) is 5.32 Å². The number of aromatic hydroxyl groups is 2. The fourth-order valence-electron chi connectivity index (χ4n) is 6.09. The highest BCUT2D eigenvalue weighted by Crippen LogP contribution is 2.51. The Bertz CT molecular complexity index is 1950. The van der Waals surface area contributed by atoms with Crippen LogP contribution in [0.3, 0.4) is 0 Å². The zero-order valence-electron chi connectivity index (χ0n) is 28.8. The molecular formula is C40H36F6N2O6. The number of benzene rings is 4. The number of amides is 3. The molecule has 1 unspecified atom stereocenters. The number of aliphatic hydroxyl groups is 1. The molecule has 0 spiro atoms. The van der Waals surface area contributed by atoms with Crippen molar-refractivity contribution in [1.29, 1.82) is 0 Å². The standard InChI is InChI=1S/C40H36F6N2O6/c1-2-37(30-19-20-32(49)33(50)25-30)35(51)48(36(52)47-37)21-9-10-22-54-34-28(17-15-26-11-5-3-6-12-26)23-31(38(53,39(41,42)43)40(44,45)46)24-29(34)18-16-27-13-7-4-8-14-27/h3-8,11-20,23-25,49-50,53H,2,9-10,21-22H2,1H3,(H,47,52)/b17-15+,18-16+. The number of phenolic OH excluding ortho intramolecular Hbond substituents is 2. The Hall–Kier alpha value is -5.76. The fourth-order valence-corrected chi connectivity index (χ4v) is 6.09. The summed E-state index contributed by atoms with van der Waals surface area (Å²) in [5.74, 6) is -1.53. The molecule has 5 rings (SSSR count). The Labute approximate surface area is 306 Å². The summed E-state index contributed by atoms with van der Waals surface area (Å²) in [5.41, 5.74) is -7.11. The van der Waals surface area contributed by atoms with E-state index in [-0.39, 0.29) is 54.9 Å². The van der Waals surface area contributed by atoms with E-state index < -0.39 is 52.5 Å². The van der Waals surface area contributed by atoms with Crippen LogP contribution in [-0.4, -0.2) is 57.7 Å². The fraction of sp³-hybridized carbons (Fsp3) is 0.250. The number of ether oxygens (including phenoxy) is 1. The molecule has 0 saturated carbocycles. The molecule has 1 saturated heterocycles. The van der Waals surface area contributed by atoms with Crippen molar-refractivity contribution in [3.63, 3.8) is 0 Å². The van der Waals surface area contributed by atoms with Crippen molar-refractivity contribution in [1.82, 2.24) is 10.2 Å². The zero-order chi connectivity index (χ0) is 39.3. The summed E-state index contributed by atoms with van der Waals surface area (Å²) in [4.78, 5) is 27.5. The van der Waals surface area contributed by atoms with Crippen LogP contribution in [0.25, 0.3) is 24.3 Å². The van der Waals surface area contributed by atoms with Crippen LogP contribution < -0.4 is 10.1 Å². The summed E-state index contributed by atoms with van der Waals surface area (Å²) >= 11 is 0. The lowest BCUT2D eigenvalue weighted by atomic mass is 9.87. The lowest BCUT2D eigenvalue weighted by Gasteiger charge is -2.33. The van der Waals surface area contributed by atoms with E-state index in [1.807, 2.05) is 0 Å². The number of hydrogen-bond donors (Lipinski definition) is 4. The molecule has 4 aromatic rings. The molecule has 14 heteroatoms. The second-order valence-electron chi connectivity index (χ2n) is 12.6. The summed E-state index contributed by atoms with van der Waals surface area (Å²) in [6.45, 7) is 1.47. The van der Waals surface area contributed by atoms with Gasteiger partial charge in [0.25, 0.3) is 11.5 Å². The molecule has 3 amide bonds. The van der Waals surface area contributed by atoms with Crippen molar-refractivity contribution in [2.45, 2.75) is 49.7 Å². The number of halogens is 6. The highest BCUT2D eigenvalue weighted by molar-refractivity contribution is 6.07. The van der Waals surface area contributed by atoms with Gasteiger partial charge in [-0.25, -0.2) is 4.79 Å². The van der Waals surface area contributed by atoms with Gasteiger partial charge >= 0.3 is 18.4 Å². The molecule has 0 radical (unpaired) electrons. The first-order valence-electron chi connectivity index (χ1n) is 16.8. The second-order valence-corrected chi connectivity index (χ2v) is 12.6. The Balaban J connectivity index is 1.45. The maximum atomic E-state index is 14.1. The molecule has 4 N–H and O–H groups in total. The molecule has 8 nitrogen and oxygen atoms in total. The van der Waals surface area contributed by atoms with Crippen LogP contribution in [0.15, 0.2) is 91.0 Å². The van der Waals surface area contributed by atoms with Crippen molar-refractivity contribution in [2.24, 2.45) is 0 Å². The first kappa shape index (κ1) is 39.4. The van der Waals surface area contributed by atoms with Crippen molar-refractivity contribution >= 4 is 36.2 Å². The van der Waals surface area contributed by atoms with Crippen LogP contribution in [0.1, 0.15) is 59.6 Å². The predicted octanol–water partition coefficient (Wildman–Crippen LogP) is 8.77. The molecule has 284 valence electrons. The van der Waals surface area contributed by atoms with Gasteiger partial charge in [0.1, 0.15) is 11.3 Å². The van der Waals surface area contributed by atoms with Crippen LogP contribution in [0.4, 0.5) is 31.1 Å². The third-order valence-electron chi connectivity index (χ3n) is 9.09. The third-order valence-corrected chi connectivity index (χ3v) is 9.09. The number of alkyl halides is 6. The van der Waals surface area contributed by atoms with E-state index in [0.29, 0.717) is 23.3 Å². The highest BCUT2D eigenvalue weighted by atomic mass is 19.4. The van der Waals surface area contributed by atoms with Gasteiger partial charge in [0.2, 0.25) is 0 Å². The topological polar surface area (TPSA) is 119 Å². The van der Waals surface area contributed by atoms with E-state index in [1.165, 1.54) is 42.5 Å². The molecule has 0 aromatic heterocycles. The summed E-state index contributed by atoms with van der Waals surface area (Å²) in [7, 11) is 0. The lowest BCUT2D eigenvalue weighted by molar-refractivity contribution is -0.376. The van der Waals surface area contributed by atoms with Gasteiger partial charge in [-0.1, -0.05) is 98.0 Å². The summed E-state index contributed by atoms with van der Waals surface area (Å²) in [5, 5.41) is 32.8. The van der Waals surface area contributed by atoms with Gasteiger partial charge in [0, 0.05) is 23.2 Å². The van der Waals surface area contributed by atoms with Crippen molar-refractivity contribution in [3.05, 3.63) is 124 Å². The summed E-state index contributed by atoms with van der Waals surface area (Å²) in [6, 6.07) is 21.2. The maximum absolute atomic E-state index is 14.1. The lowest BCUT2D eigenvalue weighted by Crippen LogP contribution is -2.54. The number of unbranched alkanes of at least 4 members (excludes halogenated alkanes) is 1. The van der Waals surface area contributed by atoms with Crippen LogP contribution in [0.2, 0.25) is 0 Å². The Kier molecular flexibility index (Phi) is 11.5. The Morgan fingerprint density at radius 3 is 1.76 bits per heavy atom. The minimum absolute atomic E-state index is 0.0650. The Morgan fingerprint density at radius 1 is 0.741 bits per heavy atom. The van der Waals surface area contributed by atoms with E-state index in [0.717, 1.165) is 4.90 Å². The number of carbonyl (C=O) groups is 2. The van der Waals surface area contributed by atoms with Gasteiger partial charge < -0.3 is 25.4 Å². The monoisotopic (exact) mass is 754 g/mol. The number of urea groups is 1. The SMILES string of the molecule is CCC1(c2ccc(O)c(O)c2)NC(=O)N(CCCCOc2c(/C=C/c3ccccc3)cc(C(O)(C(F)(F)F)C(F)(F)F)cc2/C=C/c2ccccc2)C1=O. The number of phenols is 2. The molecule has 0 bridgehead atoms. The molecule has 1 atom stereocenters. The summed E-state index contributed by atoms with van der Waals surface area (Å²) in [6.07, 6.45) is -6.21. The van der Waals surface area contributed by atoms with Crippen LogP contribution in [-0.2, 0) is 15.9 Å². The van der Waals surface area contributed by atoms with Crippen LogP contribution >= 0.6 is 0 Å². The molecule has 1 heterocycles. The van der Waals surface area contributed by atoms with E-state index in [1.54, 1.807) is 67.6 Å². The summed E-state index contributed by atoms with van der Waals surface area (Å²) < 4.78 is 90.7. The van der Waals surface area contributed by atoms with Gasteiger partial charge in [-0.15, -0.1) is 0 Å². The molecule has 1 aliphatic rings. The largest absolute Gasteiger partial charge is 0.504 e. The number of carbonyl (C=O) groups excluding carboxylic acids is 2. The average Bonchev–Trinajstić information content (AvgIpc) is 3.39. The van der Waals surface area contributed by atoms with Crippen molar-refractivity contribution < 1.29 is 56.0 Å². The normalized spacial score (nSPS) is 16.8. The maximum Gasteiger partial charge on any atom is 0.430 e. The van der Waals surface area contributed by atoms with Gasteiger partial charge in [0.15, 0.2) is 11.5 Å². The van der Waals surface area contributed by atoms with E-state index in [4.69, 9.17) is 4.74 Å². The van der Waals surface area contributed by atoms with E-state index >= 15 is 0 Å². The number of rotatable bonds is 13. The first-order valence-corrected chi connectivity index (χ1v) is 16.8. The van der Waals surface area contributed by atoms with Gasteiger partial charge in [0.05, 0.1) is 6.61 Å². The minimum Gasteiger partial charge on any atom is -0.504 e. The zero-order valence-corrected chi connectivity index (χ0v) is 28.8. The number of nitrogens with zero attached hydrogens (tertiary/aromatic N) is 1. The molecule has 4 aromatic carbocycles. The molecule has 54 heavy (non-hydrogen) atoms. The number of imide groups is 1. The Morgan fingerprint density at radius 2 is 1.28 bits per heavy atom. The van der Waals surface area contributed by atoms with Gasteiger partial charge in [-0.05, 0) is 60.2 Å². The van der Waals surface area contributed by atoms with Crippen LogP contribution in [0, 0.1) is 0 Å². The predicted molar refractivity (Wildman–Crippen MR) is 190 cm³/mol. The number of nitrogens with one attached hydrogen (secondary N) is 1. The molecule has 0 aliphatic carbocycles. The van der Waals surface area contributed by atoms with Gasteiger partial charge in [-0.3, -0.25) is 9.69 Å². The quantitative estimate of drug-likeness (QED) is 0.0357. The number of hydrogen-bond acceptors (Lipinski definition) is 6. The average molecular weight is 755 g/mol. The molecular weight excluding hydrogens is 718 g/mol. The minimum atomic E-state index is -6.13. The van der Waals surface area contributed by atoms with Crippen LogP contribution in [0.5, 0.6) is 17.2 Å². The van der Waals surface area contributed by atoms with Crippen molar-refractivity contribution in [3.8, 4) is 17.2 Å². The third kappa shape index (κ3) is 7.93. The first-order chi connectivity index (χ1) is 25.5.